The van der Waals surface area contributed by atoms with Crippen molar-refractivity contribution in [3.05, 3.63) is 54.1 Å². The molecule has 0 saturated heterocycles. The highest BCUT2D eigenvalue weighted by Gasteiger charge is 2.31. The maximum absolute atomic E-state index is 13.1. The fraction of sp³-hybridized carbons (Fsp3) is 0.409. The molecule has 3 rings (SSSR count). The van der Waals surface area contributed by atoms with E-state index in [1.165, 1.54) is 19.2 Å². The van der Waals surface area contributed by atoms with Gasteiger partial charge in [0.1, 0.15) is 13.2 Å². The van der Waals surface area contributed by atoms with E-state index in [2.05, 4.69) is 0 Å². The molecule has 0 saturated carbocycles. The van der Waals surface area contributed by atoms with Crippen molar-refractivity contribution in [3.8, 4) is 11.5 Å². The highest BCUT2D eigenvalue weighted by atomic mass is 32.2. The smallest absolute Gasteiger partial charge is 0.243 e. The standard InChI is InChI=1S/C22H28N2O5S/c1-22(2,3)24(15-17-8-6-5-7-9-17)21(25)16-23(4)30(26,27)18-10-11-19-20(14-18)29-13-12-28-19/h5-11,14H,12-13,15-16H2,1-4H3. The molecule has 0 aliphatic carbocycles. The van der Waals surface area contributed by atoms with Gasteiger partial charge in [0.05, 0.1) is 11.4 Å². The van der Waals surface area contributed by atoms with Gasteiger partial charge in [-0.1, -0.05) is 30.3 Å². The van der Waals surface area contributed by atoms with Crippen molar-refractivity contribution in [3.63, 3.8) is 0 Å². The highest BCUT2D eigenvalue weighted by Crippen LogP contribution is 2.33. The van der Waals surface area contributed by atoms with Gasteiger partial charge < -0.3 is 14.4 Å². The first-order valence-corrected chi connectivity index (χ1v) is 11.2. The predicted molar refractivity (Wildman–Crippen MR) is 114 cm³/mol. The van der Waals surface area contributed by atoms with Crippen LogP contribution in [0.15, 0.2) is 53.4 Å². The first kappa shape index (κ1) is 22.1. The summed E-state index contributed by atoms with van der Waals surface area (Å²) in [6.45, 7) is 6.74. The van der Waals surface area contributed by atoms with Gasteiger partial charge in [-0.15, -0.1) is 0 Å². The Kier molecular flexibility index (Phi) is 6.38. The molecule has 0 N–H and O–H groups in total. The van der Waals surface area contributed by atoms with Crippen LogP contribution in [0.3, 0.4) is 0 Å². The molecule has 2 aromatic rings. The summed E-state index contributed by atoms with van der Waals surface area (Å²) < 4.78 is 38.1. The van der Waals surface area contributed by atoms with Crippen molar-refractivity contribution in [2.45, 2.75) is 37.8 Å². The molecule has 0 unspecified atom stereocenters. The lowest BCUT2D eigenvalue weighted by Crippen LogP contribution is -2.49. The normalized spacial score (nSPS) is 13.9. The second-order valence-electron chi connectivity index (χ2n) is 8.20. The summed E-state index contributed by atoms with van der Waals surface area (Å²) >= 11 is 0. The molecule has 1 aliphatic rings. The van der Waals surface area contributed by atoms with E-state index >= 15 is 0 Å². The topological polar surface area (TPSA) is 76.2 Å². The summed E-state index contributed by atoms with van der Waals surface area (Å²) in [5.74, 6) is 0.637. The van der Waals surface area contributed by atoms with Gasteiger partial charge in [0.25, 0.3) is 0 Å². The van der Waals surface area contributed by atoms with E-state index in [1.807, 2.05) is 51.1 Å². The Bertz CT molecular complexity index is 1000. The molecule has 0 bridgehead atoms. The number of amides is 1. The second-order valence-corrected chi connectivity index (χ2v) is 10.2. The van der Waals surface area contributed by atoms with Crippen LogP contribution in [0, 0.1) is 0 Å². The minimum Gasteiger partial charge on any atom is -0.486 e. The van der Waals surface area contributed by atoms with E-state index in [4.69, 9.17) is 9.47 Å². The third kappa shape index (κ3) is 4.94. The van der Waals surface area contributed by atoms with Crippen LogP contribution < -0.4 is 9.47 Å². The molecule has 0 aromatic heterocycles. The number of hydrogen-bond acceptors (Lipinski definition) is 5. The van der Waals surface area contributed by atoms with Gasteiger partial charge in [0.2, 0.25) is 15.9 Å². The number of nitrogens with zero attached hydrogens (tertiary/aromatic N) is 2. The monoisotopic (exact) mass is 432 g/mol. The molecule has 7 nitrogen and oxygen atoms in total. The number of ether oxygens (including phenoxy) is 2. The molecule has 0 fully saturated rings. The molecule has 162 valence electrons. The largest absolute Gasteiger partial charge is 0.486 e. The molecule has 1 heterocycles. The summed E-state index contributed by atoms with van der Waals surface area (Å²) in [7, 11) is -2.46. The van der Waals surface area contributed by atoms with Crippen LogP contribution >= 0.6 is 0 Å². The minimum atomic E-state index is -3.87. The molecule has 1 amide bonds. The average molecular weight is 433 g/mol. The zero-order valence-corrected chi connectivity index (χ0v) is 18.6. The second kappa shape index (κ2) is 8.65. The Balaban J connectivity index is 1.78. The van der Waals surface area contributed by atoms with Crippen LogP contribution in [0.5, 0.6) is 11.5 Å². The number of likely N-dealkylation sites (N-methyl/N-ethyl adjacent to an activating group) is 1. The van der Waals surface area contributed by atoms with Crippen molar-refractivity contribution >= 4 is 15.9 Å². The van der Waals surface area contributed by atoms with Crippen molar-refractivity contribution in [2.75, 3.05) is 26.8 Å². The van der Waals surface area contributed by atoms with Gasteiger partial charge in [-0.2, -0.15) is 4.31 Å². The number of rotatable bonds is 6. The Labute approximate surface area is 178 Å². The van der Waals surface area contributed by atoms with Crippen molar-refractivity contribution in [1.29, 1.82) is 0 Å². The zero-order chi connectivity index (χ0) is 21.9. The number of benzene rings is 2. The van der Waals surface area contributed by atoms with Crippen LogP contribution in [0.25, 0.3) is 0 Å². The Morgan fingerprint density at radius 1 is 1.00 bits per heavy atom. The molecule has 0 spiro atoms. The molecule has 2 aromatic carbocycles. The average Bonchev–Trinajstić information content (AvgIpc) is 2.71. The molecule has 30 heavy (non-hydrogen) atoms. The number of carbonyl (C=O) groups is 1. The lowest BCUT2D eigenvalue weighted by atomic mass is 10.0. The number of fused-ring (bicyclic) bond motifs is 1. The number of sulfonamides is 1. The van der Waals surface area contributed by atoms with E-state index in [0.717, 1.165) is 9.87 Å². The molecule has 0 radical (unpaired) electrons. The van der Waals surface area contributed by atoms with Crippen LogP contribution in [-0.2, 0) is 21.4 Å². The van der Waals surface area contributed by atoms with Crippen LogP contribution in [0.1, 0.15) is 26.3 Å². The van der Waals surface area contributed by atoms with E-state index < -0.39 is 15.6 Å². The van der Waals surface area contributed by atoms with E-state index in [0.29, 0.717) is 31.3 Å². The van der Waals surface area contributed by atoms with Crippen molar-refractivity contribution < 1.29 is 22.7 Å². The molecular formula is C22H28N2O5S. The third-order valence-corrected chi connectivity index (χ3v) is 6.67. The Morgan fingerprint density at radius 3 is 2.27 bits per heavy atom. The van der Waals surface area contributed by atoms with E-state index in [-0.39, 0.29) is 17.3 Å². The highest BCUT2D eigenvalue weighted by molar-refractivity contribution is 7.89. The lowest BCUT2D eigenvalue weighted by Gasteiger charge is -2.37. The van der Waals surface area contributed by atoms with Gasteiger partial charge in [-0.3, -0.25) is 4.79 Å². The fourth-order valence-electron chi connectivity index (χ4n) is 3.19. The van der Waals surface area contributed by atoms with E-state index in [1.54, 1.807) is 11.0 Å². The third-order valence-electron chi connectivity index (χ3n) is 4.87. The zero-order valence-electron chi connectivity index (χ0n) is 17.8. The summed E-state index contributed by atoms with van der Waals surface area (Å²) in [6, 6.07) is 14.1. The molecule has 0 atom stereocenters. The summed E-state index contributed by atoms with van der Waals surface area (Å²) in [5.41, 5.74) is 0.521. The van der Waals surface area contributed by atoms with Gasteiger partial charge in [-0.25, -0.2) is 8.42 Å². The molecule has 1 aliphatic heterocycles. The van der Waals surface area contributed by atoms with Crippen molar-refractivity contribution in [1.82, 2.24) is 9.21 Å². The van der Waals surface area contributed by atoms with Gasteiger partial charge in [-0.05, 0) is 38.5 Å². The summed E-state index contributed by atoms with van der Waals surface area (Å²) in [4.78, 5) is 14.8. The predicted octanol–water partition coefficient (Wildman–Crippen LogP) is 2.91. The molecular weight excluding hydrogens is 404 g/mol. The lowest BCUT2D eigenvalue weighted by molar-refractivity contribution is -0.136. The first-order valence-electron chi connectivity index (χ1n) is 9.79. The number of hydrogen-bond donors (Lipinski definition) is 0. The van der Waals surface area contributed by atoms with Gasteiger partial charge in [0, 0.05) is 25.2 Å². The number of carbonyl (C=O) groups excluding carboxylic acids is 1. The van der Waals surface area contributed by atoms with Crippen molar-refractivity contribution in [2.24, 2.45) is 0 Å². The Hall–Kier alpha value is -2.58. The maximum atomic E-state index is 13.1. The first-order chi connectivity index (χ1) is 14.1. The molecule has 8 heteroatoms. The maximum Gasteiger partial charge on any atom is 0.243 e. The summed E-state index contributed by atoms with van der Waals surface area (Å²) in [6.07, 6.45) is 0. The van der Waals surface area contributed by atoms with Gasteiger partial charge >= 0.3 is 0 Å². The van der Waals surface area contributed by atoms with Crippen LogP contribution in [-0.4, -0.2) is 55.9 Å². The van der Waals surface area contributed by atoms with Crippen LogP contribution in [0.4, 0.5) is 0 Å². The minimum absolute atomic E-state index is 0.0624. The Morgan fingerprint density at radius 2 is 1.63 bits per heavy atom. The van der Waals surface area contributed by atoms with Crippen LogP contribution in [0.2, 0.25) is 0 Å². The SMILES string of the molecule is CN(CC(=O)N(Cc1ccccc1)C(C)(C)C)S(=O)(=O)c1ccc2c(c1)OCCO2. The summed E-state index contributed by atoms with van der Waals surface area (Å²) in [5, 5.41) is 0. The van der Waals surface area contributed by atoms with Gasteiger partial charge in [0.15, 0.2) is 11.5 Å². The fourth-order valence-corrected chi connectivity index (χ4v) is 4.33. The quantitative estimate of drug-likeness (QED) is 0.702. The van der Waals surface area contributed by atoms with E-state index in [9.17, 15) is 13.2 Å².